The highest BCUT2D eigenvalue weighted by molar-refractivity contribution is 7.13. The molecule has 1 saturated carbocycles. The number of nitrogen functional groups attached to an aromatic ring is 1. The number of nitrogens with one attached hydrogen (secondary N) is 1. The van der Waals surface area contributed by atoms with E-state index >= 15 is 0 Å². The first-order valence-electron chi connectivity index (χ1n) is 11.0. The molecule has 4 aromatic heterocycles. The van der Waals surface area contributed by atoms with Gasteiger partial charge in [0.2, 0.25) is 0 Å². The zero-order valence-electron chi connectivity index (χ0n) is 17.5. The molecule has 4 N–H and O–H groups in total. The van der Waals surface area contributed by atoms with Crippen LogP contribution in [0.25, 0.3) is 38.4 Å². The quantitative estimate of drug-likeness (QED) is 0.367. The Kier molecular flexibility index (Phi) is 4.69. The molecule has 0 aliphatic heterocycles. The van der Waals surface area contributed by atoms with Crippen molar-refractivity contribution in [3.05, 3.63) is 54.1 Å². The first kappa shape index (κ1) is 19.5. The average molecular weight is 445 g/mol. The Morgan fingerprint density at radius 3 is 2.81 bits per heavy atom. The number of H-pyrrole nitrogens is 1. The van der Waals surface area contributed by atoms with E-state index in [2.05, 4.69) is 43.6 Å². The standard InChI is InChI=1S/C24H24N6OS/c25-22-21-20(18-12-16-2-1-3-17(19(16)28-18)24-27-9-11-32-24)29-23(30(21)10-8-26-22)15-6-4-14(13-31)5-7-15/h1-3,8-12,14-15,28,31H,4-7,13H2,(H2,25,26). The number of benzene rings is 1. The lowest BCUT2D eigenvalue weighted by Gasteiger charge is -2.26. The van der Waals surface area contributed by atoms with Gasteiger partial charge in [-0.1, -0.05) is 12.1 Å². The van der Waals surface area contributed by atoms with Gasteiger partial charge in [0.1, 0.15) is 27.9 Å². The Morgan fingerprint density at radius 2 is 2.03 bits per heavy atom. The topological polar surface area (TPSA) is 105 Å². The number of nitrogens with two attached hydrogens (primary N) is 1. The van der Waals surface area contributed by atoms with E-state index in [-0.39, 0.29) is 6.61 Å². The summed E-state index contributed by atoms with van der Waals surface area (Å²) in [6.07, 6.45) is 9.61. The third-order valence-corrected chi connectivity index (χ3v) is 7.46. The van der Waals surface area contributed by atoms with Crippen molar-refractivity contribution >= 4 is 33.6 Å². The van der Waals surface area contributed by atoms with Crippen molar-refractivity contribution in [2.45, 2.75) is 31.6 Å². The Balaban J connectivity index is 1.50. The van der Waals surface area contributed by atoms with E-state index in [4.69, 9.17) is 10.7 Å². The number of hydrogen-bond donors (Lipinski definition) is 3. The van der Waals surface area contributed by atoms with Gasteiger partial charge in [0.25, 0.3) is 0 Å². The predicted molar refractivity (Wildman–Crippen MR) is 128 cm³/mol. The number of aromatic nitrogens is 5. The van der Waals surface area contributed by atoms with E-state index in [1.807, 2.05) is 17.8 Å². The van der Waals surface area contributed by atoms with Gasteiger partial charge in [-0.3, -0.25) is 4.40 Å². The van der Waals surface area contributed by atoms with Crippen molar-refractivity contribution in [1.29, 1.82) is 0 Å². The van der Waals surface area contributed by atoms with Gasteiger partial charge >= 0.3 is 0 Å². The van der Waals surface area contributed by atoms with Crippen LogP contribution in [0, 0.1) is 5.92 Å². The van der Waals surface area contributed by atoms with Crippen LogP contribution in [-0.4, -0.2) is 36.1 Å². The maximum atomic E-state index is 9.52. The summed E-state index contributed by atoms with van der Waals surface area (Å²) in [6.45, 7) is 0.271. The molecule has 0 unspecified atom stereocenters. The second kappa shape index (κ2) is 7.72. The van der Waals surface area contributed by atoms with Crippen LogP contribution in [0.2, 0.25) is 0 Å². The number of thiazole rings is 1. The molecule has 0 saturated heterocycles. The molecule has 0 atom stereocenters. The van der Waals surface area contributed by atoms with Crippen LogP contribution in [0.3, 0.4) is 0 Å². The van der Waals surface area contributed by atoms with Crippen LogP contribution in [-0.2, 0) is 0 Å². The molecule has 1 aromatic carbocycles. The molecule has 1 aliphatic rings. The number of para-hydroxylation sites is 1. The largest absolute Gasteiger partial charge is 0.396 e. The Hall–Kier alpha value is -3.23. The van der Waals surface area contributed by atoms with Gasteiger partial charge in [-0.05, 0) is 43.7 Å². The van der Waals surface area contributed by atoms with Gasteiger partial charge in [-0.2, -0.15) is 0 Å². The van der Waals surface area contributed by atoms with Crippen LogP contribution < -0.4 is 5.73 Å². The van der Waals surface area contributed by atoms with Gasteiger partial charge in [0, 0.05) is 47.4 Å². The molecule has 4 heterocycles. The Morgan fingerprint density at radius 1 is 1.16 bits per heavy atom. The first-order chi connectivity index (χ1) is 15.7. The van der Waals surface area contributed by atoms with Gasteiger partial charge < -0.3 is 15.8 Å². The summed E-state index contributed by atoms with van der Waals surface area (Å²) < 4.78 is 2.11. The number of aliphatic hydroxyl groups is 1. The molecular weight excluding hydrogens is 420 g/mol. The molecule has 5 aromatic rings. The van der Waals surface area contributed by atoms with Crippen molar-refractivity contribution in [1.82, 2.24) is 24.3 Å². The third-order valence-electron chi connectivity index (χ3n) is 6.65. The summed E-state index contributed by atoms with van der Waals surface area (Å²) in [7, 11) is 0. The number of aliphatic hydroxyl groups excluding tert-OH is 1. The maximum Gasteiger partial charge on any atom is 0.150 e. The normalized spacial score (nSPS) is 19.2. The van der Waals surface area contributed by atoms with E-state index in [9.17, 15) is 5.11 Å². The molecule has 0 amide bonds. The molecule has 8 heteroatoms. The molecular formula is C24H24N6OS. The van der Waals surface area contributed by atoms with Gasteiger partial charge in [0.05, 0.1) is 11.2 Å². The molecule has 0 radical (unpaired) electrons. The van der Waals surface area contributed by atoms with Gasteiger partial charge in [-0.25, -0.2) is 15.0 Å². The number of aromatic amines is 1. The van der Waals surface area contributed by atoms with E-state index in [0.717, 1.165) is 69.9 Å². The molecule has 32 heavy (non-hydrogen) atoms. The summed E-state index contributed by atoms with van der Waals surface area (Å²) in [6, 6.07) is 8.38. The summed E-state index contributed by atoms with van der Waals surface area (Å²) >= 11 is 1.63. The van der Waals surface area contributed by atoms with Crippen molar-refractivity contribution in [3.8, 4) is 22.0 Å². The van der Waals surface area contributed by atoms with Crippen molar-refractivity contribution < 1.29 is 5.11 Å². The fraction of sp³-hybridized carbons (Fsp3) is 0.292. The molecule has 0 spiro atoms. The summed E-state index contributed by atoms with van der Waals surface area (Å²) in [5, 5.41) is 13.6. The van der Waals surface area contributed by atoms with Crippen LogP contribution in [0.1, 0.15) is 37.4 Å². The SMILES string of the molecule is Nc1nccn2c(C3CCC(CO)CC3)nc(-c3cc4cccc(-c5nccs5)c4[nH]3)c12. The molecule has 0 bridgehead atoms. The molecule has 7 nitrogen and oxygen atoms in total. The molecule has 162 valence electrons. The highest BCUT2D eigenvalue weighted by Crippen LogP contribution is 2.39. The lowest BCUT2D eigenvalue weighted by Crippen LogP contribution is -2.17. The minimum atomic E-state index is 0.271. The lowest BCUT2D eigenvalue weighted by atomic mass is 9.82. The Bertz CT molecular complexity index is 1400. The lowest BCUT2D eigenvalue weighted by molar-refractivity contribution is 0.181. The van der Waals surface area contributed by atoms with E-state index < -0.39 is 0 Å². The zero-order valence-corrected chi connectivity index (χ0v) is 18.3. The van der Waals surface area contributed by atoms with Gasteiger partial charge in [0.15, 0.2) is 0 Å². The van der Waals surface area contributed by atoms with Crippen molar-refractivity contribution in [2.24, 2.45) is 5.92 Å². The fourth-order valence-corrected chi connectivity index (χ4v) is 5.65. The Labute approximate surface area is 189 Å². The summed E-state index contributed by atoms with van der Waals surface area (Å²) in [4.78, 5) is 17.6. The second-order valence-electron chi connectivity index (χ2n) is 8.54. The van der Waals surface area contributed by atoms with E-state index in [0.29, 0.717) is 17.7 Å². The minimum absolute atomic E-state index is 0.271. The fourth-order valence-electron chi connectivity index (χ4n) is 4.98. The van der Waals surface area contributed by atoms with Crippen molar-refractivity contribution in [2.75, 3.05) is 12.3 Å². The summed E-state index contributed by atoms with van der Waals surface area (Å²) in [5.74, 6) is 2.25. The van der Waals surface area contributed by atoms with Crippen LogP contribution in [0.15, 0.2) is 48.2 Å². The number of hydrogen-bond acceptors (Lipinski definition) is 6. The van der Waals surface area contributed by atoms with Crippen LogP contribution >= 0.6 is 11.3 Å². The van der Waals surface area contributed by atoms with E-state index in [1.54, 1.807) is 17.5 Å². The molecule has 6 rings (SSSR count). The number of nitrogens with zero attached hydrogens (tertiary/aromatic N) is 4. The molecule has 1 fully saturated rings. The predicted octanol–water partition coefficient (Wildman–Crippen LogP) is 4.85. The van der Waals surface area contributed by atoms with Crippen LogP contribution in [0.5, 0.6) is 0 Å². The highest BCUT2D eigenvalue weighted by atomic mass is 32.1. The van der Waals surface area contributed by atoms with Gasteiger partial charge in [-0.15, -0.1) is 11.3 Å². The number of anilines is 1. The number of fused-ring (bicyclic) bond motifs is 2. The highest BCUT2D eigenvalue weighted by Gasteiger charge is 2.27. The number of imidazole rings is 1. The first-order valence-corrected chi connectivity index (χ1v) is 11.9. The maximum absolute atomic E-state index is 9.52. The third kappa shape index (κ3) is 3.10. The smallest absolute Gasteiger partial charge is 0.150 e. The minimum Gasteiger partial charge on any atom is -0.396 e. The summed E-state index contributed by atoms with van der Waals surface area (Å²) in [5.41, 5.74) is 11.1. The van der Waals surface area contributed by atoms with Crippen molar-refractivity contribution in [3.63, 3.8) is 0 Å². The molecule has 1 aliphatic carbocycles. The average Bonchev–Trinajstić information content (AvgIpc) is 3.57. The van der Waals surface area contributed by atoms with Crippen LogP contribution in [0.4, 0.5) is 5.82 Å². The van der Waals surface area contributed by atoms with E-state index in [1.165, 1.54) is 0 Å². The zero-order chi connectivity index (χ0) is 21.7. The number of rotatable bonds is 4. The second-order valence-corrected chi connectivity index (χ2v) is 9.43. The monoisotopic (exact) mass is 444 g/mol.